The van der Waals surface area contributed by atoms with Crippen LogP contribution in [0.25, 0.3) is 0 Å². The molecule has 66 valence electrons. The lowest BCUT2D eigenvalue weighted by Crippen LogP contribution is -1.66. The minimum absolute atomic E-state index is 1.18. The summed E-state index contributed by atoms with van der Waals surface area (Å²) in [7, 11) is 0. The van der Waals surface area contributed by atoms with E-state index in [4.69, 9.17) is 0 Å². The Morgan fingerprint density at radius 3 is 2.17 bits per heavy atom. The van der Waals surface area contributed by atoms with Crippen molar-refractivity contribution in [3.05, 3.63) is 37.4 Å². The van der Waals surface area contributed by atoms with Crippen LogP contribution in [0.3, 0.4) is 0 Å². The van der Waals surface area contributed by atoms with Crippen LogP contribution in [0.15, 0.2) is 37.4 Å². The van der Waals surface area contributed by atoms with Gasteiger partial charge in [-0.15, -0.1) is 6.58 Å². The number of aromatic nitrogens is 2. The van der Waals surface area contributed by atoms with Crippen molar-refractivity contribution in [2.24, 2.45) is 0 Å². The molecule has 1 rings (SSSR count). The van der Waals surface area contributed by atoms with Crippen molar-refractivity contribution in [3.63, 3.8) is 0 Å². The van der Waals surface area contributed by atoms with E-state index in [1.54, 1.807) is 18.5 Å². The first-order chi connectivity index (χ1) is 5.91. The molecule has 2 heteroatoms. The van der Waals surface area contributed by atoms with E-state index in [1.807, 2.05) is 6.08 Å². The molecule has 0 amide bonds. The predicted octanol–water partition coefficient (Wildman–Crippen LogP) is 2.84. The second kappa shape index (κ2) is 9.82. The summed E-state index contributed by atoms with van der Waals surface area (Å²) in [5.74, 6) is 0. The number of hydrogen-bond acceptors (Lipinski definition) is 2. The minimum Gasteiger partial charge on any atom is -0.245 e. The highest BCUT2D eigenvalue weighted by Crippen LogP contribution is 1.91. The van der Waals surface area contributed by atoms with Crippen LogP contribution in [0, 0.1) is 0 Å². The Hall–Kier alpha value is -1.18. The molecule has 0 bridgehead atoms. The van der Waals surface area contributed by atoms with Gasteiger partial charge in [-0.25, -0.2) is 9.97 Å². The molecule has 1 aromatic rings. The number of allylic oxidation sites excluding steroid dienone is 1. The summed E-state index contributed by atoms with van der Waals surface area (Å²) < 4.78 is 0. The van der Waals surface area contributed by atoms with Crippen molar-refractivity contribution in [2.75, 3.05) is 0 Å². The van der Waals surface area contributed by atoms with E-state index < -0.39 is 0 Å². The highest BCUT2D eigenvalue weighted by molar-refractivity contribution is 4.74. The topological polar surface area (TPSA) is 25.8 Å². The average Bonchev–Trinajstić information content (AvgIpc) is 2.18. The van der Waals surface area contributed by atoms with E-state index in [2.05, 4.69) is 23.5 Å². The lowest BCUT2D eigenvalue weighted by molar-refractivity contribution is 0.816. The molecule has 0 aliphatic rings. The third kappa shape index (κ3) is 8.82. The fraction of sp³-hybridized carbons (Fsp3) is 0.400. The summed E-state index contributed by atoms with van der Waals surface area (Å²) in [4.78, 5) is 7.35. The Kier molecular flexibility index (Phi) is 8.85. The first kappa shape index (κ1) is 10.8. The van der Waals surface area contributed by atoms with Gasteiger partial charge in [0.25, 0.3) is 0 Å². The zero-order valence-electron chi connectivity index (χ0n) is 7.61. The van der Waals surface area contributed by atoms with E-state index in [0.29, 0.717) is 0 Å². The Bertz CT molecular complexity index is 146. The molecule has 0 N–H and O–H groups in total. The van der Waals surface area contributed by atoms with Gasteiger partial charge in [-0.1, -0.05) is 25.8 Å². The minimum atomic E-state index is 1.18. The number of rotatable bonds is 3. The number of nitrogens with zero attached hydrogens (tertiary/aromatic N) is 2. The summed E-state index contributed by atoms with van der Waals surface area (Å²) in [6, 6.07) is 1.78. The zero-order valence-corrected chi connectivity index (χ0v) is 7.61. The average molecular weight is 164 g/mol. The summed E-state index contributed by atoms with van der Waals surface area (Å²) in [6.07, 6.45) is 10.6. The van der Waals surface area contributed by atoms with Crippen LogP contribution >= 0.6 is 0 Å². The molecule has 0 fully saturated rings. The van der Waals surface area contributed by atoms with Gasteiger partial charge in [-0.3, -0.25) is 0 Å². The van der Waals surface area contributed by atoms with Gasteiger partial charge in [0.1, 0.15) is 6.33 Å². The van der Waals surface area contributed by atoms with Crippen LogP contribution < -0.4 is 0 Å². The second-order valence-corrected chi connectivity index (χ2v) is 2.34. The van der Waals surface area contributed by atoms with E-state index >= 15 is 0 Å². The normalized spacial score (nSPS) is 8.08. The van der Waals surface area contributed by atoms with Crippen molar-refractivity contribution in [1.82, 2.24) is 9.97 Å². The van der Waals surface area contributed by atoms with Gasteiger partial charge < -0.3 is 0 Å². The summed E-state index contributed by atoms with van der Waals surface area (Å²) in [5, 5.41) is 0. The van der Waals surface area contributed by atoms with Crippen LogP contribution in [0.2, 0.25) is 0 Å². The molecular weight excluding hydrogens is 148 g/mol. The van der Waals surface area contributed by atoms with E-state index in [-0.39, 0.29) is 0 Å². The third-order valence-corrected chi connectivity index (χ3v) is 1.24. The van der Waals surface area contributed by atoms with Crippen LogP contribution in [-0.4, -0.2) is 9.97 Å². The van der Waals surface area contributed by atoms with Gasteiger partial charge in [0.05, 0.1) is 0 Å². The van der Waals surface area contributed by atoms with Gasteiger partial charge in [0.2, 0.25) is 0 Å². The van der Waals surface area contributed by atoms with Crippen LogP contribution in [-0.2, 0) is 0 Å². The fourth-order valence-electron chi connectivity index (χ4n) is 0.602. The van der Waals surface area contributed by atoms with Crippen LogP contribution in [0.4, 0.5) is 0 Å². The van der Waals surface area contributed by atoms with E-state index in [0.717, 1.165) is 0 Å². The van der Waals surface area contributed by atoms with Crippen molar-refractivity contribution in [2.45, 2.75) is 26.2 Å². The van der Waals surface area contributed by atoms with Gasteiger partial charge in [0.15, 0.2) is 0 Å². The monoisotopic (exact) mass is 164 g/mol. The summed E-state index contributed by atoms with van der Waals surface area (Å²) >= 11 is 0. The fourth-order valence-corrected chi connectivity index (χ4v) is 0.602. The smallest absolute Gasteiger partial charge is 0.115 e. The van der Waals surface area contributed by atoms with E-state index in [9.17, 15) is 0 Å². The highest BCUT2D eigenvalue weighted by Gasteiger charge is 1.71. The molecular formula is C10H16N2. The number of hydrogen-bond donors (Lipinski definition) is 0. The molecule has 0 spiro atoms. The highest BCUT2D eigenvalue weighted by atomic mass is 14.8. The Morgan fingerprint density at radius 2 is 2.00 bits per heavy atom. The zero-order chi connectivity index (χ0) is 9.07. The number of unbranched alkanes of at least 4 members (excludes halogenated alkanes) is 2. The van der Waals surface area contributed by atoms with Crippen molar-refractivity contribution in [1.29, 1.82) is 0 Å². The second-order valence-electron chi connectivity index (χ2n) is 2.34. The largest absolute Gasteiger partial charge is 0.245 e. The molecule has 0 aliphatic carbocycles. The molecule has 0 atom stereocenters. The van der Waals surface area contributed by atoms with Crippen molar-refractivity contribution < 1.29 is 0 Å². The van der Waals surface area contributed by atoms with Crippen LogP contribution in [0.5, 0.6) is 0 Å². The quantitative estimate of drug-likeness (QED) is 0.507. The molecule has 0 saturated heterocycles. The SMILES string of the molecule is C=CCCCC.c1cncnc1. The maximum absolute atomic E-state index is 3.67. The maximum atomic E-state index is 3.67. The Balaban J connectivity index is 0.000000202. The molecule has 1 heterocycles. The first-order valence-corrected chi connectivity index (χ1v) is 4.22. The molecule has 0 unspecified atom stereocenters. The molecule has 0 aliphatic heterocycles. The summed E-state index contributed by atoms with van der Waals surface area (Å²) in [5.41, 5.74) is 0. The molecule has 0 saturated carbocycles. The molecule has 0 radical (unpaired) electrons. The van der Waals surface area contributed by atoms with Crippen molar-refractivity contribution >= 4 is 0 Å². The standard InChI is InChI=1S/C6H12.C4H4N2/c1-3-5-6-4-2;1-2-5-4-6-3-1/h3H,1,4-6H2,2H3;1-4H. The predicted molar refractivity (Wildman–Crippen MR) is 51.8 cm³/mol. The van der Waals surface area contributed by atoms with Gasteiger partial charge in [0, 0.05) is 12.4 Å². The lowest BCUT2D eigenvalue weighted by atomic mass is 10.3. The Labute approximate surface area is 74.4 Å². The lowest BCUT2D eigenvalue weighted by Gasteiger charge is -1.81. The van der Waals surface area contributed by atoms with Gasteiger partial charge >= 0.3 is 0 Å². The molecule has 12 heavy (non-hydrogen) atoms. The maximum Gasteiger partial charge on any atom is 0.115 e. The summed E-state index contributed by atoms with van der Waals surface area (Å²) in [6.45, 7) is 5.78. The molecule has 2 nitrogen and oxygen atoms in total. The first-order valence-electron chi connectivity index (χ1n) is 4.22. The molecule has 1 aromatic heterocycles. The Morgan fingerprint density at radius 1 is 1.33 bits per heavy atom. The van der Waals surface area contributed by atoms with Crippen molar-refractivity contribution in [3.8, 4) is 0 Å². The van der Waals surface area contributed by atoms with E-state index in [1.165, 1.54) is 25.6 Å². The third-order valence-electron chi connectivity index (χ3n) is 1.24. The molecule has 0 aromatic carbocycles. The van der Waals surface area contributed by atoms with Crippen LogP contribution in [0.1, 0.15) is 26.2 Å². The van der Waals surface area contributed by atoms with Gasteiger partial charge in [-0.2, -0.15) is 0 Å². The van der Waals surface area contributed by atoms with Gasteiger partial charge in [-0.05, 0) is 12.5 Å².